The topological polar surface area (TPSA) is 81.3 Å². The zero-order valence-electron chi connectivity index (χ0n) is 16.1. The van der Waals surface area contributed by atoms with Crippen LogP contribution in [0, 0.1) is 12.7 Å². The maximum Gasteiger partial charge on any atom is 0.259 e. The lowest BCUT2D eigenvalue weighted by Crippen LogP contribution is -2.49. The van der Waals surface area contributed by atoms with Crippen LogP contribution in [0.1, 0.15) is 37.8 Å². The Kier molecular flexibility index (Phi) is 4.63. The third-order valence-corrected chi connectivity index (χ3v) is 5.22. The number of ether oxygens (including phenoxy) is 1. The van der Waals surface area contributed by atoms with Gasteiger partial charge in [0.2, 0.25) is 11.7 Å². The SMILES string of the molecule is CCCC1(C)Oc2ncc(-c3nc(-c4ccc(C)c(F)c4)no3)cc2CC1O. The predicted molar refractivity (Wildman–Crippen MR) is 101 cm³/mol. The largest absolute Gasteiger partial charge is 0.468 e. The Hall–Kier alpha value is -2.80. The van der Waals surface area contributed by atoms with E-state index in [0.717, 1.165) is 18.4 Å². The van der Waals surface area contributed by atoms with Crippen molar-refractivity contribution in [2.75, 3.05) is 0 Å². The summed E-state index contributed by atoms with van der Waals surface area (Å²) in [5.41, 5.74) is 1.88. The number of pyridine rings is 1. The number of hydrogen-bond acceptors (Lipinski definition) is 6. The van der Waals surface area contributed by atoms with Crippen molar-refractivity contribution in [2.45, 2.75) is 51.7 Å². The van der Waals surface area contributed by atoms with E-state index in [1.807, 2.05) is 13.0 Å². The van der Waals surface area contributed by atoms with Crippen LogP contribution in [0.4, 0.5) is 4.39 Å². The van der Waals surface area contributed by atoms with E-state index in [1.165, 1.54) is 6.07 Å². The van der Waals surface area contributed by atoms with E-state index in [-0.39, 0.29) is 11.7 Å². The van der Waals surface area contributed by atoms with Crippen LogP contribution in [-0.4, -0.2) is 31.9 Å². The van der Waals surface area contributed by atoms with Crippen LogP contribution in [0.5, 0.6) is 5.88 Å². The lowest BCUT2D eigenvalue weighted by molar-refractivity contribution is -0.0626. The standard InChI is InChI=1S/C21H22FN3O3/c1-4-7-21(3)17(26)10-14-8-15(11-23-19(14)27-21)20-24-18(25-28-20)13-6-5-12(2)16(22)9-13/h5-6,8-9,11,17,26H,4,7,10H2,1-3H3. The highest BCUT2D eigenvalue weighted by atomic mass is 19.1. The third-order valence-electron chi connectivity index (χ3n) is 5.22. The molecule has 4 rings (SSSR count). The summed E-state index contributed by atoms with van der Waals surface area (Å²) in [5.74, 6) is 0.784. The zero-order valence-corrected chi connectivity index (χ0v) is 16.1. The summed E-state index contributed by atoms with van der Waals surface area (Å²) in [6.45, 7) is 5.66. The van der Waals surface area contributed by atoms with Crippen molar-refractivity contribution in [1.82, 2.24) is 15.1 Å². The van der Waals surface area contributed by atoms with Crippen LogP contribution in [0.25, 0.3) is 22.8 Å². The minimum Gasteiger partial charge on any atom is -0.468 e. The average molecular weight is 383 g/mol. The summed E-state index contributed by atoms with van der Waals surface area (Å²) in [4.78, 5) is 8.75. The van der Waals surface area contributed by atoms with Crippen molar-refractivity contribution in [3.05, 3.63) is 47.4 Å². The maximum atomic E-state index is 13.8. The number of aliphatic hydroxyl groups is 1. The Bertz CT molecular complexity index is 1020. The number of aryl methyl sites for hydroxylation is 1. The average Bonchev–Trinajstić information content (AvgIpc) is 3.15. The molecule has 1 aliphatic heterocycles. The molecule has 6 nitrogen and oxygen atoms in total. The van der Waals surface area contributed by atoms with E-state index < -0.39 is 11.7 Å². The second-order valence-corrected chi connectivity index (χ2v) is 7.46. The van der Waals surface area contributed by atoms with Gasteiger partial charge >= 0.3 is 0 Å². The third kappa shape index (κ3) is 3.26. The van der Waals surface area contributed by atoms with Gasteiger partial charge in [-0.1, -0.05) is 30.6 Å². The molecule has 3 heterocycles. The van der Waals surface area contributed by atoms with Crippen molar-refractivity contribution in [1.29, 1.82) is 0 Å². The van der Waals surface area contributed by atoms with Gasteiger partial charge < -0.3 is 14.4 Å². The van der Waals surface area contributed by atoms with E-state index in [0.29, 0.717) is 34.8 Å². The summed E-state index contributed by atoms with van der Waals surface area (Å²) in [5, 5.41) is 14.5. The Morgan fingerprint density at radius 1 is 1.29 bits per heavy atom. The second-order valence-electron chi connectivity index (χ2n) is 7.46. The number of rotatable bonds is 4. The summed E-state index contributed by atoms with van der Waals surface area (Å²) in [6, 6.07) is 6.64. The minimum atomic E-state index is -0.635. The lowest BCUT2D eigenvalue weighted by Gasteiger charge is -2.39. The van der Waals surface area contributed by atoms with Crippen LogP contribution in [0.2, 0.25) is 0 Å². The molecule has 0 fully saturated rings. The zero-order chi connectivity index (χ0) is 19.9. The molecule has 2 atom stereocenters. The Morgan fingerprint density at radius 3 is 2.86 bits per heavy atom. The van der Waals surface area contributed by atoms with Gasteiger partial charge in [-0.05, 0) is 38.0 Å². The molecule has 0 bridgehead atoms. The number of aliphatic hydroxyl groups excluding tert-OH is 1. The van der Waals surface area contributed by atoms with Crippen LogP contribution in [-0.2, 0) is 6.42 Å². The molecule has 146 valence electrons. The number of hydrogen-bond donors (Lipinski definition) is 1. The van der Waals surface area contributed by atoms with Crippen LogP contribution < -0.4 is 4.74 Å². The number of fused-ring (bicyclic) bond motifs is 1. The fraction of sp³-hybridized carbons (Fsp3) is 0.381. The highest BCUT2D eigenvalue weighted by molar-refractivity contribution is 5.60. The predicted octanol–water partition coefficient (Wildman–Crippen LogP) is 4.10. The molecule has 1 aliphatic rings. The van der Waals surface area contributed by atoms with Crippen molar-refractivity contribution in [3.63, 3.8) is 0 Å². The second kappa shape index (κ2) is 6.98. The summed E-state index contributed by atoms with van der Waals surface area (Å²) in [6.07, 6.45) is 3.08. The van der Waals surface area contributed by atoms with Gasteiger partial charge in [-0.15, -0.1) is 0 Å². The molecule has 1 N–H and O–H groups in total. The molecule has 0 amide bonds. The number of nitrogens with zero attached hydrogens (tertiary/aromatic N) is 3. The van der Waals surface area contributed by atoms with E-state index in [1.54, 1.807) is 25.3 Å². The molecule has 3 aromatic rings. The van der Waals surface area contributed by atoms with Crippen LogP contribution in [0.3, 0.4) is 0 Å². The van der Waals surface area contributed by atoms with Gasteiger partial charge in [0.15, 0.2) is 0 Å². The first-order valence-electron chi connectivity index (χ1n) is 9.36. The molecule has 0 spiro atoms. The first-order valence-corrected chi connectivity index (χ1v) is 9.36. The van der Waals surface area contributed by atoms with Gasteiger partial charge in [-0.25, -0.2) is 9.37 Å². The minimum absolute atomic E-state index is 0.280. The molecular weight excluding hydrogens is 361 g/mol. The molecular formula is C21H22FN3O3. The Morgan fingerprint density at radius 2 is 2.11 bits per heavy atom. The fourth-order valence-electron chi connectivity index (χ4n) is 3.47. The molecule has 0 radical (unpaired) electrons. The monoisotopic (exact) mass is 383 g/mol. The summed E-state index contributed by atoms with van der Waals surface area (Å²) < 4.78 is 25.1. The van der Waals surface area contributed by atoms with Crippen LogP contribution >= 0.6 is 0 Å². The van der Waals surface area contributed by atoms with E-state index in [2.05, 4.69) is 22.0 Å². The van der Waals surface area contributed by atoms with Crippen LogP contribution in [0.15, 0.2) is 35.0 Å². The fourth-order valence-corrected chi connectivity index (χ4v) is 3.47. The van der Waals surface area contributed by atoms with Gasteiger partial charge in [-0.3, -0.25) is 0 Å². The summed E-state index contributed by atoms with van der Waals surface area (Å²) >= 11 is 0. The molecule has 2 unspecified atom stereocenters. The molecule has 0 saturated heterocycles. The van der Waals surface area contributed by atoms with E-state index in [9.17, 15) is 9.50 Å². The lowest BCUT2D eigenvalue weighted by atomic mass is 9.87. The highest BCUT2D eigenvalue weighted by Crippen LogP contribution is 2.36. The van der Waals surface area contributed by atoms with E-state index in [4.69, 9.17) is 9.26 Å². The molecule has 0 aliphatic carbocycles. The number of benzene rings is 1. The van der Waals surface area contributed by atoms with Gasteiger partial charge in [0, 0.05) is 23.7 Å². The molecule has 0 saturated carbocycles. The quantitative estimate of drug-likeness (QED) is 0.730. The normalized spacial score (nSPS) is 21.2. The molecule has 7 heteroatoms. The molecule has 28 heavy (non-hydrogen) atoms. The first-order chi connectivity index (χ1) is 13.4. The van der Waals surface area contributed by atoms with Gasteiger partial charge in [0.1, 0.15) is 11.4 Å². The van der Waals surface area contributed by atoms with Crippen molar-refractivity contribution < 1.29 is 18.8 Å². The van der Waals surface area contributed by atoms with Crippen molar-refractivity contribution in [2.24, 2.45) is 0 Å². The smallest absolute Gasteiger partial charge is 0.259 e. The summed E-state index contributed by atoms with van der Waals surface area (Å²) in [7, 11) is 0. The van der Waals surface area contributed by atoms with Crippen molar-refractivity contribution >= 4 is 0 Å². The van der Waals surface area contributed by atoms with Crippen molar-refractivity contribution in [3.8, 4) is 28.7 Å². The maximum absolute atomic E-state index is 13.8. The Labute approximate surface area is 162 Å². The van der Waals surface area contributed by atoms with Gasteiger partial charge in [-0.2, -0.15) is 4.98 Å². The molecule has 1 aromatic carbocycles. The highest BCUT2D eigenvalue weighted by Gasteiger charge is 2.40. The number of aromatic nitrogens is 3. The number of halogens is 1. The first kappa shape index (κ1) is 18.6. The Balaban J connectivity index is 1.63. The van der Waals surface area contributed by atoms with Gasteiger partial charge in [0.25, 0.3) is 5.89 Å². The van der Waals surface area contributed by atoms with E-state index >= 15 is 0 Å². The van der Waals surface area contributed by atoms with Gasteiger partial charge in [0.05, 0.1) is 11.7 Å². The molecule has 2 aromatic heterocycles.